The first-order valence-corrected chi connectivity index (χ1v) is 8.18. The predicted molar refractivity (Wildman–Crippen MR) is 87.7 cm³/mol. The Hall–Kier alpha value is -0.870. The maximum atomic E-state index is 11.9. The highest BCUT2D eigenvalue weighted by Crippen LogP contribution is 2.19. The van der Waals surface area contributed by atoms with E-state index in [4.69, 9.17) is 0 Å². The molecule has 4 heteroatoms. The van der Waals surface area contributed by atoms with Gasteiger partial charge in [-0.15, -0.1) is 0 Å². The van der Waals surface area contributed by atoms with Crippen LogP contribution in [0.3, 0.4) is 0 Å². The Labute approximate surface area is 130 Å². The average Bonchev–Trinajstić information content (AvgIpc) is 2.46. The summed E-state index contributed by atoms with van der Waals surface area (Å²) in [4.78, 5) is 13.8. The Kier molecular flexibility index (Phi) is 7.85. The van der Waals surface area contributed by atoms with Crippen molar-refractivity contribution in [2.75, 3.05) is 19.6 Å². The molecule has 0 saturated heterocycles. The first kappa shape index (κ1) is 17.2. The van der Waals surface area contributed by atoms with Gasteiger partial charge in [-0.25, -0.2) is 0 Å². The van der Waals surface area contributed by atoms with Crippen molar-refractivity contribution in [3.05, 3.63) is 34.3 Å². The van der Waals surface area contributed by atoms with Crippen LogP contribution in [0.15, 0.2) is 28.7 Å². The lowest BCUT2D eigenvalue weighted by Crippen LogP contribution is -2.33. The molecule has 0 aromatic heterocycles. The number of halogens is 1. The molecule has 3 nitrogen and oxygen atoms in total. The smallest absolute Gasteiger partial charge is 0.223 e. The molecule has 0 saturated carbocycles. The summed E-state index contributed by atoms with van der Waals surface area (Å²) < 4.78 is 1.09. The highest BCUT2D eigenvalue weighted by atomic mass is 79.9. The van der Waals surface area contributed by atoms with Crippen LogP contribution in [0.4, 0.5) is 0 Å². The molecular weight excluding hydrogens is 316 g/mol. The molecule has 1 aromatic rings. The Morgan fingerprint density at radius 1 is 1.20 bits per heavy atom. The summed E-state index contributed by atoms with van der Waals surface area (Å²) in [5.41, 5.74) is 1.27. The minimum Gasteiger partial charge on any atom is -0.343 e. The number of carbonyl (C=O) groups is 1. The molecule has 0 aliphatic carbocycles. The second-order valence-corrected chi connectivity index (χ2v) is 5.70. The highest BCUT2D eigenvalue weighted by Gasteiger charge is 2.12. The third-order valence-corrected chi connectivity index (χ3v) is 4.06. The van der Waals surface area contributed by atoms with Crippen molar-refractivity contribution >= 4 is 21.8 Å². The molecular formula is C16H25BrN2O. The van der Waals surface area contributed by atoms with Crippen LogP contribution in [-0.4, -0.2) is 30.4 Å². The van der Waals surface area contributed by atoms with E-state index < -0.39 is 0 Å². The SMILES string of the molecule is CCC(NCCC(=O)N(CC)CC)c1ccc(Br)cc1. The molecule has 1 aromatic carbocycles. The fraction of sp³-hybridized carbons (Fsp3) is 0.562. The zero-order valence-corrected chi connectivity index (χ0v) is 14.2. The van der Waals surface area contributed by atoms with Crippen LogP contribution in [0.5, 0.6) is 0 Å². The molecule has 0 aliphatic rings. The van der Waals surface area contributed by atoms with Crippen molar-refractivity contribution in [1.29, 1.82) is 0 Å². The van der Waals surface area contributed by atoms with Crippen LogP contribution in [0.25, 0.3) is 0 Å². The van der Waals surface area contributed by atoms with Crippen molar-refractivity contribution in [3.63, 3.8) is 0 Å². The maximum absolute atomic E-state index is 11.9. The van der Waals surface area contributed by atoms with E-state index in [1.807, 2.05) is 18.7 Å². The second kappa shape index (κ2) is 9.14. The van der Waals surface area contributed by atoms with Gasteiger partial charge in [-0.05, 0) is 38.0 Å². The number of nitrogens with one attached hydrogen (secondary N) is 1. The van der Waals surface area contributed by atoms with Crippen LogP contribution in [0.2, 0.25) is 0 Å². The van der Waals surface area contributed by atoms with E-state index in [-0.39, 0.29) is 5.91 Å². The van der Waals surface area contributed by atoms with Crippen molar-refractivity contribution in [1.82, 2.24) is 10.2 Å². The van der Waals surface area contributed by atoms with Gasteiger partial charge in [0, 0.05) is 36.6 Å². The Morgan fingerprint density at radius 3 is 2.30 bits per heavy atom. The normalized spacial score (nSPS) is 12.2. The average molecular weight is 341 g/mol. The number of hydrogen-bond donors (Lipinski definition) is 1. The Bertz CT molecular complexity index is 401. The van der Waals surface area contributed by atoms with Crippen LogP contribution < -0.4 is 5.32 Å². The first-order chi connectivity index (χ1) is 9.62. The molecule has 0 radical (unpaired) electrons. The zero-order chi connectivity index (χ0) is 15.0. The molecule has 1 N–H and O–H groups in total. The summed E-state index contributed by atoms with van der Waals surface area (Å²) in [5.74, 6) is 0.230. The number of amides is 1. The lowest BCUT2D eigenvalue weighted by Gasteiger charge is -2.21. The maximum Gasteiger partial charge on any atom is 0.223 e. The van der Waals surface area contributed by atoms with Gasteiger partial charge in [-0.1, -0.05) is 35.0 Å². The van der Waals surface area contributed by atoms with Gasteiger partial charge in [0.1, 0.15) is 0 Å². The molecule has 1 atom stereocenters. The molecule has 0 fully saturated rings. The van der Waals surface area contributed by atoms with Crippen molar-refractivity contribution in [3.8, 4) is 0 Å². The van der Waals surface area contributed by atoms with Gasteiger partial charge in [0.2, 0.25) is 5.91 Å². The van der Waals surface area contributed by atoms with Gasteiger partial charge in [-0.3, -0.25) is 4.79 Å². The van der Waals surface area contributed by atoms with Gasteiger partial charge < -0.3 is 10.2 Å². The molecule has 0 aliphatic heterocycles. The number of rotatable bonds is 8. The predicted octanol–water partition coefficient (Wildman–Crippen LogP) is 3.75. The molecule has 1 amide bonds. The van der Waals surface area contributed by atoms with E-state index in [0.717, 1.165) is 30.5 Å². The fourth-order valence-corrected chi connectivity index (χ4v) is 2.55. The van der Waals surface area contributed by atoms with E-state index >= 15 is 0 Å². The Balaban J connectivity index is 2.46. The minimum atomic E-state index is 0.230. The standard InChI is InChI=1S/C16H25BrN2O/c1-4-15(13-7-9-14(17)10-8-13)18-12-11-16(20)19(5-2)6-3/h7-10,15,18H,4-6,11-12H2,1-3H3. The lowest BCUT2D eigenvalue weighted by molar-refractivity contribution is -0.130. The first-order valence-electron chi connectivity index (χ1n) is 7.38. The summed E-state index contributed by atoms with van der Waals surface area (Å²) in [7, 11) is 0. The topological polar surface area (TPSA) is 32.3 Å². The number of carbonyl (C=O) groups excluding carboxylic acids is 1. The van der Waals surface area contributed by atoms with Gasteiger partial charge in [-0.2, -0.15) is 0 Å². The van der Waals surface area contributed by atoms with Crippen LogP contribution in [-0.2, 0) is 4.79 Å². The lowest BCUT2D eigenvalue weighted by atomic mass is 10.0. The van der Waals surface area contributed by atoms with Crippen molar-refractivity contribution in [2.24, 2.45) is 0 Å². The summed E-state index contributed by atoms with van der Waals surface area (Å²) in [5, 5.41) is 3.48. The van der Waals surface area contributed by atoms with Crippen molar-refractivity contribution < 1.29 is 4.79 Å². The molecule has 0 heterocycles. The molecule has 1 unspecified atom stereocenters. The molecule has 0 bridgehead atoms. The largest absolute Gasteiger partial charge is 0.343 e. The summed E-state index contributed by atoms with van der Waals surface area (Å²) in [6.07, 6.45) is 1.58. The van der Waals surface area contributed by atoms with Gasteiger partial charge >= 0.3 is 0 Å². The van der Waals surface area contributed by atoms with E-state index in [1.54, 1.807) is 0 Å². The van der Waals surface area contributed by atoms with Crippen LogP contribution in [0, 0.1) is 0 Å². The van der Waals surface area contributed by atoms with Gasteiger partial charge in [0.15, 0.2) is 0 Å². The quantitative estimate of drug-likeness (QED) is 0.781. The van der Waals surface area contributed by atoms with Crippen LogP contribution in [0.1, 0.15) is 45.2 Å². The summed E-state index contributed by atoms with van der Waals surface area (Å²) in [6.45, 7) is 8.51. The highest BCUT2D eigenvalue weighted by molar-refractivity contribution is 9.10. The monoisotopic (exact) mass is 340 g/mol. The van der Waals surface area contributed by atoms with Crippen LogP contribution >= 0.6 is 15.9 Å². The number of hydrogen-bond acceptors (Lipinski definition) is 2. The third kappa shape index (κ3) is 5.25. The van der Waals surface area contributed by atoms with E-state index in [0.29, 0.717) is 12.5 Å². The minimum absolute atomic E-state index is 0.230. The van der Waals surface area contributed by atoms with E-state index in [2.05, 4.69) is 52.4 Å². The fourth-order valence-electron chi connectivity index (χ4n) is 2.28. The summed E-state index contributed by atoms with van der Waals surface area (Å²) in [6, 6.07) is 8.67. The van der Waals surface area contributed by atoms with Gasteiger partial charge in [0.05, 0.1) is 0 Å². The van der Waals surface area contributed by atoms with Crippen molar-refractivity contribution in [2.45, 2.75) is 39.7 Å². The molecule has 0 spiro atoms. The van der Waals surface area contributed by atoms with Gasteiger partial charge in [0.25, 0.3) is 0 Å². The number of nitrogens with zero attached hydrogens (tertiary/aromatic N) is 1. The summed E-state index contributed by atoms with van der Waals surface area (Å²) >= 11 is 3.45. The van der Waals surface area contributed by atoms with E-state index in [9.17, 15) is 4.79 Å². The third-order valence-electron chi connectivity index (χ3n) is 3.53. The molecule has 20 heavy (non-hydrogen) atoms. The number of benzene rings is 1. The van der Waals surface area contributed by atoms with E-state index in [1.165, 1.54) is 5.56 Å². The second-order valence-electron chi connectivity index (χ2n) is 4.78. The zero-order valence-electron chi connectivity index (χ0n) is 12.7. The molecule has 1 rings (SSSR count). The molecule has 112 valence electrons. The Morgan fingerprint density at radius 2 is 1.80 bits per heavy atom.